The average molecular weight is 285 g/mol. The number of anilines is 1. The Hall–Kier alpha value is -1.81. The zero-order chi connectivity index (χ0) is 15.0. The molecule has 2 atom stereocenters. The Morgan fingerprint density at radius 1 is 1.24 bits per heavy atom. The molecule has 1 aromatic heterocycles. The molecule has 0 saturated carbocycles. The van der Waals surface area contributed by atoms with Crippen molar-refractivity contribution >= 4 is 16.6 Å². The lowest BCUT2D eigenvalue weighted by atomic mass is 9.94. The molecule has 0 aliphatic carbocycles. The van der Waals surface area contributed by atoms with Gasteiger partial charge in [0.1, 0.15) is 0 Å². The Balaban J connectivity index is 1.98. The highest BCUT2D eigenvalue weighted by atomic mass is 16.1. The number of rotatable bonds is 2. The number of piperidine rings is 1. The highest BCUT2D eigenvalue weighted by Gasteiger charge is 2.24. The summed E-state index contributed by atoms with van der Waals surface area (Å²) in [5.41, 5.74) is 1.99. The van der Waals surface area contributed by atoms with E-state index in [0.717, 1.165) is 36.1 Å². The van der Waals surface area contributed by atoms with E-state index in [1.807, 2.05) is 25.2 Å². The van der Waals surface area contributed by atoms with E-state index in [2.05, 4.69) is 30.3 Å². The lowest BCUT2D eigenvalue weighted by Gasteiger charge is -2.36. The molecule has 2 heterocycles. The molecule has 3 rings (SSSR count). The van der Waals surface area contributed by atoms with Crippen LogP contribution in [-0.2, 0) is 7.05 Å². The van der Waals surface area contributed by atoms with Crippen LogP contribution in [-0.4, -0.2) is 35.6 Å². The van der Waals surface area contributed by atoms with Crippen molar-refractivity contribution < 1.29 is 0 Å². The van der Waals surface area contributed by atoms with Crippen LogP contribution in [0.3, 0.4) is 0 Å². The Morgan fingerprint density at radius 3 is 2.76 bits per heavy atom. The van der Waals surface area contributed by atoms with Crippen LogP contribution in [0.2, 0.25) is 0 Å². The molecule has 1 aromatic carbocycles. The molecule has 2 aromatic rings. The number of benzene rings is 1. The molecule has 1 aliphatic heterocycles. The van der Waals surface area contributed by atoms with E-state index in [9.17, 15) is 4.79 Å². The molecule has 1 fully saturated rings. The van der Waals surface area contributed by atoms with Crippen molar-refractivity contribution in [2.75, 3.05) is 25.5 Å². The van der Waals surface area contributed by atoms with Crippen LogP contribution in [0.4, 0.5) is 5.69 Å². The Morgan fingerprint density at radius 2 is 2.00 bits per heavy atom. The van der Waals surface area contributed by atoms with Crippen molar-refractivity contribution in [1.82, 2.24) is 9.47 Å². The Bertz CT molecular complexity index is 707. The quantitative estimate of drug-likeness (QED) is 0.920. The molecule has 0 spiro atoms. The zero-order valence-electron chi connectivity index (χ0n) is 13.0. The highest BCUT2D eigenvalue weighted by Crippen LogP contribution is 2.25. The third-order valence-corrected chi connectivity index (χ3v) is 4.60. The summed E-state index contributed by atoms with van der Waals surface area (Å²) in [6.45, 7) is 4.47. The molecule has 0 amide bonds. The van der Waals surface area contributed by atoms with Gasteiger partial charge < -0.3 is 14.8 Å². The second kappa shape index (κ2) is 5.53. The van der Waals surface area contributed by atoms with Gasteiger partial charge in [-0.05, 0) is 32.0 Å². The van der Waals surface area contributed by atoms with Gasteiger partial charge in [-0.3, -0.25) is 4.79 Å². The van der Waals surface area contributed by atoms with Gasteiger partial charge in [-0.15, -0.1) is 0 Å². The van der Waals surface area contributed by atoms with Gasteiger partial charge in [-0.2, -0.15) is 0 Å². The van der Waals surface area contributed by atoms with Crippen molar-refractivity contribution in [3.05, 3.63) is 40.7 Å². The summed E-state index contributed by atoms with van der Waals surface area (Å²) in [4.78, 5) is 14.5. The summed E-state index contributed by atoms with van der Waals surface area (Å²) in [7, 11) is 3.99. The molecule has 1 N–H and O–H groups in total. The molecule has 0 radical (unpaired) electrons. The number of fused-ring (bicyclic) bond motifs is 1. The number of pyridine rings is 1. The van der Waals surface area contributed by atoms with Crippen molar-refractivity contribution in [3.8, 4) is 0 Å². The standard InChI is InChI=1S/C17H23N3O/c1-12-11-19(2)9-8-14(12)18-15-10-17(21)20(3)16-7-5-4-6-13(15)16/h4-7,10,12,14,18H,8-9,11H2,1-3H3. The van der Waals surface area contributed by atoms with Crippen molar-refractivity contribution in [1.29, 1.82) is 0 Å². The lowest BCUT2D eigenvalue weighted by Crippen LogP contribution is -2.43. The first-order valence-corrected chi connectivity index (χ1v) is 7.60. The summed E-state index contributed by atoms with van der Waals surface area (Å²) >= 11 is 0. The number of nitrogens with one attached hydrogen (secondary N) is 1. The number of nitrogens with zero attached hydrogens (tertiary/aromatic N) is 2. The lowest BCUT2D eigenvalue weighted by molar-refractivity contribution is 0.206. The molecular weight excluding hydrogens is 262 g/mol. The van der Waals surface area contributed by atoms with E-state index in [4.69, 9.17) is 0 Å². The molecule has 1 saturated heterocycles. The molecule has 2 unspecified atom stereocenters. The van der Waals surface area contributed by atoms with Gasteiger partial charge in [-0.25, -0.2) is 0 Å². The molecule has 4 nitrogen and oxygen atoms in total. The number of para-hydroxylation sites is 1. The van der Waals surface area contributed by atoms with E-state index in [0.29, 0.717) is 12.0 Å². The fraction of sp³-hybridized carbons (Fsp3) is 0.471. The fourth-order valence-corrected chi connectivity index (χ4v) is 3.30. The van der Waals surface area contributed by atoms with E-state index in [1.165, 1.54) is 0 Å². The van der Waals surface area contributed by atoms with E-state index in [1.54, 1.807) is 10.6 Å². The number of hydrogen-bond donors (Lipinski definition) is 1. The minimum atomic E-state index is 0.0387. The summed E-state index contributed by atoms with van der Waals surface area (Å²) in [6, 6.07) is 10.2. The summed E-state index contributed by atoms with van der Waals surface area (Å²) in [5.74, 6) is 0.576. The maximum Gasteiger partial charge on any atom is 0.252 e. The highest BCUT2D eigenvalue weighted by molar-refractivity contribution is 5.91. The SMILES string of the molecule is CC1CN(C)CCC1Nc1cc(=O)n(C)c2ccccc12. The summed E-state index contributed by atoms with van der Waals surface area (Å²) in [5, 5.41) is 4.74. The normalized spacial score (nSPS) is 23.4. The third kappa shape index (κ3) is 2.68. The smallest absolute Gasteiger partial charge is 0.252 e. The predicted molar refractivity (Wildman–Crippen MR) is 87.9 cm³/mol. The van der Waals surface area contributed by atoms with Crippen LogP contribution in [0.25, 0.3) is 10.9 Å². The molecular formula is C17H23N3O. The van der Waals surface area contributed by atoms with Gasteiger partial charge in [0.25, 0.3) is 5.56 Å². The monoisotopic (exact) mass is 285 g/mol. The largest absolute Gasteiger partial charge is 0.381 e. The first-order chi connectivity index (χ1) is 10.1. The van der Waals surface area contributed by atoms with E-state index >= 15 is 0 Å². The van der Waals surface area contributed by atoms with Crippen molar-refractivity contribution in [2.24, 2.45) is 13.0 Å². The van der Waals surface area contributed by atoms with Crippen LogP contribution in [0.5, 0.6) is 0 Å². The minimum absolute atomic E-state index is 0.0387. The van der Waals surface area contributed by atoms with Crippen molar-refractivity contribution in [3.63, 3.8) is 0 Å². The average Bonchev–Trinajstić information content (AvgIpc) is 2.47. The fourth-order valence-electron chi connectivity index (χ4n) is 3.30. The third-order valence-electron chi connectivity index (χ3n) is 4.60. The number of aromatic nitrogens is 1. The van der Waals surface area contributed by atoms with Gasteiger partial charge in [0, 0.05) is 36.8 Å². The first-order valence-electron chi connectivity index (χ1n) is 7.60. The Labute approximate surface area is 125 Å². The molecule has 4 heteroatoms. The van der Waals surface area contributed by atoms with Crippen LogP contribution >= 0.6 is 0 Å². The van der Waals surface area contributed by atoms with Crippen LogP contribution in [0.1, 0.15) is 13.3 Å². The van der Waals surface area contributed by atoms with Crippen LogP contribution in [0, 0.1) is 5.92 Å². The number of hydrogen-bond acceptors (Lipinski definition) is 3. The van der Waals surface area contributed by atoms with Gasteiger partial charge in [0.15, 0.2) is 0 Å². The molecule has 0 bridgehead atoms. The van der Waals surface area contributed by atoms with Crippen LogP contribution in [0.15, 0.2) is 35.1 Å². The van der Waals surface area contributed by atoms with E-state index in [-0.39, 0.29) is 5.56 Å². The minimum Gasteiger partial charge on any atom is -0.381 e. The maximum atomic E-state index is 12.1. The summed E-state index contributed by atoms with van der Waals surface area (Å²) in [6.07, 6.45) is 1.11. The van der Waals surface area contributed by atoms with Gasteiger partial charge >= 0.3 is 0 Å². The second-order valence-electron chi connectivity index (χ2n) is 6.25. The molecule has 112 valence electrons. The van der Waals surface area contributed by atoms with Gasteiger partial charge in [-0.1, -0.05) is 25.1 Å². The predicted octanol–water partition coefficient (Wildman–Crippen LogP) is 2.29. The zero-order valence-corrected chi connectivity index (χ0v) is 13.0. The number of aryl methyl sites for hydroxylation is 1. The van der Waals surface area contributed by atoms with Crippen molar-refractivity contribution in [2.45, 2.75) is 19.4 Å². The summed E-state index contributed by atoms with van der Waals surface area (Å²) < 4.78 is 1.71. The number of likely N-dealkylation sites (tertiary alicyclic amines) is 1. The molecule has 1 aliphatic rings. The first kappa shape index (κ1) is 14.1. The van der Waals surface area contributed by atoms with Gasteiger partial charge in [0.2, 0.25) is 0 Å². The van der Waals surface area contributed by atoms with Gasteiger partial charge in [0.05, 0.1) is 5.52 Å². The van der Waals surface area contributed by atoms with Crippen LogP contribution < -0.4 is 10.9 Å². The second-order valence-corrected chi connectivity index (χ2v) is 6.25. The Kier molecular flexibility index (Phi) is 3.72. The molecule has 21 heavy (non-hydrogen) atoms. The topological polar surface area (TPSA) is 37.3 Å². The maximum absolute atomic E-state index is 12.1. The van der Waals surface area contributed by atoms with E-state index < -0.39 is 0 Å².